The van der Waals surface area contributed by atoms with E-state index in [-0.39, 0.29) is 31.3 Å². The molecule has 0 aromatic heterocycles. The molecule has 0 saturated carbocycles. The Morgan fingerprint density at radius 2 is 1.64 bits per heavy atom. The van der Waals surface area contributed by atoms with Crippen molar-refractivity contribution in [3.8, 4) is 0 Å². The smallest absolute Gasteiger partial charge is 0.311 e. The van der Waals surface area contributed by atoms with Gasteiger partial charge in [0.15, 0.2) is 6.61 Å². The Balaban J connectivity index is 1.61. The van der Waals surface area contributed by atoms with E-state index in [0.29, 0.717) is 5.56 Å². The molecule has 0 radical (unpaired) electrons. The van der Waals surface area contributed by atoms with Gasteiger partial charge in [-0.15, -0.1) is 0 Å². The molecule has 5 nitrogen and oxygen atoms in total. The molecular formula is C23H25NO4. The summed E-state index contributed by atoms with van der Waals surface area (Å²) >= 11 is 0. The van der Waals surface area contributed by atoms with Crippen LogP contribution < -0.4 is 4.90 Å². The number of ketones is 1. The fraction of sp³-hybridized carbons (Fsp3) is 0.348. The first-order chi connectivity index (χ1) is 13.3. The number of Topliss-reactive ketones (excluding diaryl/α,β-unsaturated/α-hetero) is 1. The van der Waals surface area contributed by atoms with Gasteiger partial charge in [0.1, 0.15) is 0 Å². The number of esters is 1. The summed E-state index contributed by atoms with van der Waals surface area (Å²) in [6.45, 7) is 7.75. The van der Waals surface area contributed by atoms with Crippen LogP contribution >= 0.6 is 0 Å². The van der Waals surface area contributed by atoms with E-state index in [0.717, 1.165) is 27.9 Å². The van der Waals surface area contributed by atoms with Crippen molar-refractivity contribution in [1.29, 1.82) is 0 Å². The van der Waals surface area contributed by atoms with Gasteiger partial charge >= 0.3 is 5.97 Å². The normalized spacial score (nSPS) is 16.4. The molecule has 0 unspecified atom stereocenters. The first-order valence-corrected chi connectivity index (χ1v) is 9.41. The maximum atomic E-state index is 12.5. The van der Waals surface area contributed by atoms with Crippen LogP contribution in [-0.4, -0.2) is 30.8 Å². The third-order valence-corrected chi connectivity index (χ3v) is 5.29. The summed E-state index contributed by atoms with van der Waals surface area (Å²) in [5, 5.41) is 0. The monoisotopic (exact) mass is 379 g/mol. The summed E-state index contributed by atoms with van der Waals surface area (Å²) in [4.78, 5) is 38.8. The Hall–Kier alpha value is -2.95. The Morgan fingerprint density at radius 3 is 2.32 bits per heavy atom. The van der Waals surface area contributed by atoms with Gasteiger partial charge in [0, 0.05) is 24.2 Å². The minimum absolute atomic E-state index is 0.101. The van der Waals surface area contributed by atoms with E-state index in [9.17, 15) is 14.4 Å². The average molecular weight is 379 g/mol. The highest BCUT2D eigenvalue weighted by Gasteiger charge is 2.36. The van der Waals surface area contributed by atoms with Crippen LogP contribution in [0.1, 0.15) is 39.0 Å². The van der Waals surface area contributed by atoms with Crippen molar-refractivity contribution in [3.05, 3.63) is 64.2 Å². The molecule has 1 fully saturated rings. The third-order valence-electron chi connectivity index (χ3n) is 5.29. The van der Waals surface area contributed by atoms with Crippen LogP contribution in [0.5, 0.6) is 0 Å². The lowest BCUT2D eigenvalue weighted by atomic mass is 9.98. The number of amides is 1. The number of ether oxygens (including phenoxy) is 1. The minimum Gasteiger partial charge on any atom is -0.457 e. The van der Waals surface area contributed by atoms with Crippen molar-refractivity contribution in [2.75, 3.05) is 18.1 Å². The summed E-state index contributed by atoms with van der Waals surface area (Å²) in [6, 6.07) is 11.4. The molecule has 1 saturated heterocycles. The largest absolute Gasteiger partial charge is 0.457 e. The second kappa shape index (κ2) is 7.97. The summed E-state index contributed by atoms with van der Waals surface area (Å²) in [7, 11) is 0. The van der Waals surface area contributed by atoms with E-state index in [1.165, 1.54) is 0 Å². The van der Waals surface area contributed by atoms with E-state index >= 15 is 0 Å². The number of hydrogen-bond acceptors (Lipinski definition) is 4. The maximum absolute atomic E-state index is 12.5. The third kappa shape index (κ3) is 4.14. The molecule has 3 rings (SSSR count). The van der Waals surface area contributed by atoms with E-state index in [1.54, 1.807) is 4.90 Å². The summed E-state index contributed by atoms with van der Waals surface area (Å²) in [5.74, 6) is -1.39. The summed E-state index contributed by atoms with van der Waals surface area (Å²) in [6.07, 6.45) is 0.101. The molecule has 2 aromatic rings. The SMILES string of the molecule is Cc1ccc(N2C[C@@H](C(=O)OCC(=O)c3cc(C)c(C)cc3C)CC2=O)cc1. The first kappa shape index (κ1) is 19.8. The van der Waals surface area contributed by atoms with Gasteiger partial charge in [-0.05, 0) is 62.6 Å². The van der Waals surface area contributed by atoms with E-state index < -0.39 is 11.9 Å². The lowest BCUT2D eigenvalue weighted by Gasteiger charge is -2.16. The lowest BCUT2D eigenvalue weighted by Crippen LogP contribution is -2.27. The van der Waals surface area contributed by atoms with Gasteiger partial charge in [0.05, 0.1) is 5.92 Å². The second-order valence-corrected chi connectivity index (χ2v) is 7.52. The molecule has 0 bridgehead atoms. The Morgan fingerprint density at radius 1 is 1.00 bits per heavy atom. The van der Waals surface area contributed by atoms with Crippen molar-refractivity contribution < 1.29 is 19.1 Å². The number of hydrogen-bond donors (Lipinski definition) is 0. The van der Waals surface area contributed by atoms with Gasteiger partial charge in [-0.3, -0.25) is 14.4 Å². The van der Waals surface area contributed by atoms with Crippen LogP contribution in [0.15, 0.2) is 36.4 Å². The summed E-state index contributed by atoms with van der Waals surface area (Å²) < 4.78 is 5.25. The van der Waals surface area contributed by atoms with Crippen LogP contribution in [0.25, 0.3) is 0 Å². The molecule has 1 atom stereocenters. The molecule has 28 heavy (non-hydrogen) atoms. The van der Waals surface area contributed by atoms with Crippen LogP contribution in [-0.2, 0) is 14.3 Å². The highest BCUT2D eigenvalue weighted by molar-refractivity contribution is 6.01. The van der Waals surface area contributed by atoms with E-state index in [1.807, 2.05) is 64.1 Å². The van der Waals surface area contributed by atoms with Gasteiger partial charge in [-0.2, -0.15) is 0 Å². The number of benzene rings is 2. The van der Waals surface area contributed by atoms with Gasteiger partial charge in [0.25, 0.3) is 0 Å². The lowest BCUT2D eigenvalue weighted by molar-refractivity contribution is -0.147. The number of anilines is 1. The topological polar surface area (TPSA) is 63.7 Å². The van der Waals surface area contributed by atoms with Crippen LogP contribution in [0.2, 0.25) is 0 Å². The maximum Gasteiger partial charge on any atom is 0.311 e. The first-order valence-electron chi connectivity index (χ1n) is 9.41. The zero-order valence-corrected chi connectivity index (χ0v) is 16.7. The standard InChI is InChI=1S/C23H25NO4/c1-14-5-7-19(8-6-14)24-12-18(11-22(24)26)23(27)28-13-21(25)20-10-16(3)15(2)9-17(20)4/h5-10,18H,11-13H2,1-4H3/t18-/m0/s1. The Bertz CT molecular complexity index is 930. The number of nitrogens with zero attached hydrogens (tertiary/aromatic N) is 1. The van der Waals surface area contributed by atoms with Gasteiger partial charge in [0.2, 0.25) is 11.7 Å². The number of carbonyl (C=O) groups is 3. The quantitative estimate of drug-likeness (QED) is 0.587. The van der Waals surface area contributed by atoms with Crippen molar-refractivity contribution in [2.24, 2.45) is 5.92 Å². The van der Waals surface area contributed by atoms with Gasteiger partial charge in [-0.1, -0.05) is 23.8 Å². The molecule has 0 N–H and O–H groups in total. The summed E-state index contributed by atoms with van der Waals surface area (Å²) in [5.41, 5.74) is 5.45. The predicted molar refractivity (Wildman–Crippen MR) is 108 cm³/mol. The van der Waals surface area contributed by atoms with E-state index in [2.05, 4.69) is 0 Å². The molecule has 5 heteroatoms. The Labute approximate surface area is 165 Å². The van der Waals surface area contributed by atoms with E-state index in [4.69, 9.17) is 4.74 Å². The highest BCUT2D eigenvalue weighted by atomic mass is 16.5. The van der Waals surface area contributed by atoms with Gasteiger partial charge < -0.3 is 9.64 Å². The molecular weight excluding hydrogens is 354 g/mol. The molecule has 1 amide bonds. The average Bonchev–Trinajstić information content (AvgIpc) is 3.05. The Kier molecular flexibility index (Phi) is 5.63. The van der Waals surface area contributed by atoms with Crippen molar-refractivity contribution in [2.45, 2.75) is 34.1 Å². The number of aryl methyl sites for hydroxylation is 4. The van der Waals surface area contributed by atoms with Crippen LogP contribution in [0.3, 0.4) is 0 Å². The molecule has 146 valence electrons. The fourth-order valence-corrected chi connectivity index (χ4v) is 3.43. The number of carbonyl (C=O) groups excluding carboxylic acids is 3. The molecule has 0 aliphatic carbocycles. The molecule has 1 heterocycles. The zero-order chi connectivity index (χ0) is 20.4. The number of rotatable bonds is 5. The van der Waals surface area contributed by atoms with Crippen molar-refractivity contribution in [1.82, 2.24) is 0 Å². The molecule has 0 spiro atoms. The zero-order valence-electron chi connectivity index (χ0n) is 16.7. The van der Waals surface area contributed by atoms with Crippen molar-refractivity contribution >= 4 is 23.3 Å². The molecule has 2 aromatic carbocycles. The second-order valence-electron chi connectivity index (χ2n) is 7.52. The fourth-order valence-electron chi connectivity index (χ4n) is 3.43. The molecule has 1 aliphatic heterocycles. The highest BCUT2D eigenvalue weighted by Crippen LogP contribution is 2.26. The predicted octanol–water partition coefficient (Wildman–Crippen LogP) is 3.70. The van der Waals surface area contributed by atoms with Crippen LogP contribution in [0.4, 0.5) is 5.69 Å². The minimum atomic E-state index is -0.553. The van der Waals surface area contributed by atoms with Crippen LogP contribution in [0, 0.1) is 33.6 Å². The van der Waals surface area contributed by atoms with Crippen molar-refractivity contribution in [3.63, 3.8) is 0 Å². The molecule has 1 aliphatic rings. The van der Waals surface area contributed by atoms with Gasteiger partial charge in [-0.25, -0.2) is 0 Å².